The van der Waals surface area contributed by atoms with Crippen LogP contribution in [0.5, 0.6) is 0 Å². The molecule has 72 valence electrons. The summed E-state index contributed by atoms with van der Waals surface area (Å²) >= 11 is 0. The van der Waals surface area contributed by atoms with Gasteiger partial charge in [0.1, 0.15) is 0 Å². The molecular formula is C10H17N3. The lowest BCUT2D eigenvalue weighted by Gasteiger charge is -1.87. The fourth-order valence-corrected chi connectivity index (χ4v) is 1.75. The van der Waals surface area contributed by atoms with E-state index in [1.165, 1.54) is 19.5 Å². The van der Waals surface area contributed by atoms with Crippen LogP contribution in [-0.4, -0.2) is 22.9 Å². The van der Waals surface area contributed by atoms with Gasteiger partial charge in [-0.05, 0) is 44.3 Å². The second-order valence-electron chi connectivity index (χ2n) is 3.78. The van der Waals surface area contributed by atoms with E-state index in [9.17, 15) is 0 Å². The summed E-state index contributed by atoms with van der Waals surface area (Å²) in [4.78, 5) is 0. The molecule has 2 aliphatic rings. The Labute approximate surface area is 79.1 Å². The summed E-state index contributed by atoms with van der Waals surface area (Å²) in [6, 6.07) is 1.92. The number of hydrogen-bond donors (Lipinski definition) is 1. The summed E-state index contributed by atoms with van der Waals surface area (Å²) in [5, 5.41) is 7.27. The quantitative estimate of drug-likeness (QED) is 0.700. The van der Waals surface area contributed by atoms with E-state index in [1.54, 1.807) is 6.20 Å². The van der Waals surface area contributed by atoms with Gasteiger partial charge in [-0.25, -0.2) is 0 Å². The smallest absolute Gasteiger partial charge is 0.0489 e. The summed E-state index contributed by atoms with van der Waals surface area (Å²) in [5.74, 6) is 2.20. The predicted octanol–water partition coefficient (Wildman–Crippen LogP) is 1.13. The van der Waals surface area contributed by atoms with Gasteiger partial charge < -0.3 is 5.32 Å². The summed E-state index contributed by atoms with van der Waals surface area (Å²) in [5.41, 5.74) is 0. The van der Waals surface area contributed by atoms with Gasteiger partial charge in [0.15, 0.2) is 0 Å². The molecule has 1 saturated carbocycles. The first-order valence-electron chi connectivity index (χ1n) is 5.08. The van der Waals surface area contributed by atoms with Crippen LogP contribution in [0.2, 0.25) is 0 Å². The van der Waals surface area contributed by atoms with E-state index in [0.29, 0.717) is 0 Å². The van der Waals surface area contributed by atoms with E-state index in [4.69, 9.17) is 0 Å². The summed E-state index contributed by atoms with van der Waals surface area (Å²) in [7, 11) is 0. The number of nitrogens with one attached hydrogen (secondary N) is 1. The standard InChI is InChI=1S/C5H8N2.C5H9N/c1-2-7-5-3-4-6-7;1-4-2-6-3-5(1)4/h3-5H,2H2,1H3;4-6H,1-3H2. The van der Waals surface area contributed by atoms with Crippen molar-refractivity contribution in [3.63, 3.8) is 0 Å². The molecular weight excluding hydrogens is 162 g/mol. The average Bonchev–Trinajstić information content (AvgIpc) is 2.65. The molecule has 0 spiro atoms. The van der Waals surface area contributed by atoms with Crippen LogP contribution in [0.3, 0.4) is 0 Å². The zero-order valence-electron chi connectivity index (χ0n) is 8.11. The van der Waals surface area contributed by atoms with Crippen LogP contribution in [0.1, 0.15) is 13.3 Å². The Morgan fingerprint density at radius 3 is 2.46 bits per heavy atom. The SMILES string of the molecule is C1NCC2CC12.CCn1cccn1. The second kappa shape index (κ2) is 3.92. The van der Waals surface area contributed by atoms with Gasteiger partial charge in [0.2, 0.25) is 0 Å². The van der Waals surface area contributed by atoms with Crippen molar-refractivity contribution < 1.29 is 0 Å². The summed E-state index contributed by atoms with van der Waals surface area (Å²) in [6.45, 7) is 5.65. The van der Waals surface area contributed by atoms with E-state index in [2.05, 4.69) is 17.3 Å². The van der Waals surface area contributed by atoms with Crippen molar-refractivity contribution >= 4 is 0 Å². The number of piperidine rings is 1. The van der Waals surface area contributed by atoms with Gasteiger partial charge in [0.25, 0.3) is 0 Å². The van der Waals surface area contributed by atoms with Crippen LogP contribution in [0.4, 0.5) is 0 Å². The number of aryl methyl sites for hydroxylation is 1. The summed E-state index contributed by atoms with van der Waals surface area (Å²) in [6.07, 6.45) is 5.25. The molecule has 3 heteroatoms. The molecule has 13 heavy (non-hydrogen) atoms. The Kier molecular flexibility index (Phi) is 2.64. The molecule has 2 atom stereocenters. The molecule has 1 aromatic heterocycles. The molecule has 0 radical (unpaired) electrons. The first-order valence-corrected chi connectivity index (χ1v) is 5.08. The summed E-state index contributed by atoms with van der Waals surface area (Å²) < 4.78 is 1.88. The third kappa shape index (κ3) is 2.31. The maximum Gasteiger partial charge on any atom is 0.0489 e. The normalized spacial score (nSPS) is 29.0. The van der Waals surface area contributed by atoms with E-state index in [1.807, 2.05) is 16.9 Å². The molecule has 0 aromatic carbocycles. The van der Waals surface area contributed by atoms with Gasteiger partial charge in [-0.1, -0.05) is 0 Å². The minimum Gasteiger partial charge on any atom is -0.316 e. The highest BCUT2D eigenvalue weighted by molar-refractivity contribution is 4.94. The minimum absolute atomic E-state index is 0.965. The van der Waals surface area contributed by atoms with Crippen molar-refractivity contribution in [1.82, 2.24) is 15.1 Å². The number of aromatic nitrogens is 2. The maximum absolute atomic E-state index is 3.95. The Balaban J connectivity index is 0.000000101. The van der Waals surface area contributed by atoms with Crippen LogP contribution in [0, 0.1) is 11.8 Å². The lowest BCUT2D eigenvalue weighted by molar-refractivity contribution is 0.660. The molecule has 0 bridgehead atoms. The van der Waals surface area contributed by atoms with Crippen LogP contribution >= 0.6 is 0 Å². The van der Waals surface area contributed by atoms with Crippen molar-refractivity contribution in [2.75, 3.05) is 13.1 Å². The maximum atomic E-state index is 3.95. The largest absolute Gasteiger partial charge is 0.316 e. The fraction of sp³-hybridized carbons (Fsp3) is 0.700. The zero-order chi connectivity index (χ0) is 9.10. The van der Waals surface area contributed by atoms with Crippen molar-refractivity contribution in [3.8, 4) is 0 Å². The number of rotatable bonds is 1. The highest BCUT2D eigenvalue weighted by Crippen LogP contribution is 2.40. The van der Waals surface area contributed by atoms with Crippen LogP contribution in [0.15, 0.2) is 18.5 Å². The Morgan fingerprint density at radius 1 is 1.46 bits per heavy atom. The average molecular weight is 179 g/mol. The monoisotopic (exact) mass is 179 g/mol. The van der Waals surface area contributed by atoms with Crippen molar-refractivity contribution in [1.29, 1.82) is 0 Å². The highest BCUT2D eigenvalue weighted by atomic mass is 15.2. The Bertz CT molecular complexity index is 235. The van der Waals surface area contributed by atoms with Crippen molar-refractivity contribution in [2.45, 2.75) is 19.9 Å². The van der Waals surface area contributed by atoms with E-state index < -0.39 is 0 Å². The zero-order valence-corrected chi connectivity index (χ0v) is 8.11. The molecule has 1 aromatic rings. The highest BCUT2D eigenvalue weighted by Gasteiger charge is 2.40. The molecule has 2 fully saturated rings. The molecule has 1 N–H and O–H groups in total. The van der Waals surface area contributed by atoms with Gasteiger partial charge in [-0.15, -0.1) is 0 Å². The van der Waals surface area contributed by atoms with E-state index in [-0.39, 0.29) is 0 Å². The molecule has 1 aliphatic carbocycles. The van der Waals surface area contributed by atoms with E-state index in [0.717, 1.165) is 18.4 Å². The first-order chi connectivity index (χ1) is 6.40. The lowest BCUT2D eigenvalue weighted by Crippen LogP contribution is -2.10. The fourth-order valence-electron chi connectivity index (χ4n) is 1.75. The molecule has 3 rings (SSSR count). The second-order valence-corrected chi connectivity index (χ2v) is 3.78. The molecule has 0 amide bonds. The number of nitrogens with zero attached hydrogens (tertiary/aromatic N) is 2. The molecule has 2 unspecified atom stereocenters. The van der Waals surface area contributed by atoms with Crippen LogP contribution in [0.25, 0.3) is 0 Å². The van der Waals surface area contributed by atoms with Gasteiger partial charge in [0.05, 0.1) is 0 Å². The lowest BCUT2D eigenvalue weighted by atomic mass is 10.4. The van der Waals surface area contributed by atoms with E-state index >= 15 is 0 Å². The predicted molar refractivity (Wildman–Crippen MR) is 52.4 cm³/mol. The third-order valence-electron chi connectivity index (χ3n) is 2.77. The van der Waals surface area contributed by atoms with Crippen LogP contribution in [-0.2, 0) is 6.54 Å². The van der Waals surface area contributed by atoms with Gasteiger partial charge >= 0.3 is 0 Å². The Morgan fingerprint density at radius 2 is 2.23 bits per heavy atom. The Hall–Kier alpha value is -0.830. The third-order valence-corrected chi connectivity index (χ3v) is 2.77. The van der Waals surface area contributed by atoms with Crippen molar-refractivity contribution in [2.24, 2.45) is 11.8 Å². The minimum atomic E-state index is 0.965. The van der Waals surface area contributed by atoms with Gasteiger partial charge in [0, 0.05) is 18.9 Å². The van der Waals surface area contributed by atoms with Crippen LogP contribution < -0.4 is 5.32 Å². The molecule has 1 saturated heterocycles. The number of fused-ring (bicyclic) bond motifs is 1. The van der Waals surface area contributed by atoms with Crippen molar-refractivity contribution in [3.05, 3.63) is 18.5 Å². The molecule has 3 nitrogen and oxygen atoms in total. The first kappa shape index (κ1) is 8.75. The van der Waals surface area contributed by atoms with Gasteiger partial charge in [-0.3, -0.25) is 4.68 Å². The molecule has 2 heterocycles. The van der Waals surface area contributed by atoms with Gasteiger partial charge in [-0.2, -0.15) is 5.10 Å². The molecule has 1 aliphatic heterocycles. The topological polar surface area (TPSA) is 29.9 Å². The number of hydrogen-bond acceptors (Lipinski definition) is 2.